The maximum Gasteiger partial charge on any atom is 0.329 e. The number of nitrogens with zero attached hydrogens (tertiary/aromatic N) is 2. The number of carboxylic acids is 1. The highest BCUT2D eigenvalue weighted by atomic mass is 16.5. The molecule has 1 saturated heterocycles. The average molecular weight is 266 g/mol. The quantitative estimate of drug-likeness (QED) is 0.721. The van der Waals surface area contributed by atoms with E-state index in [0.29, 0.717) is 18.9 Å². The Balaban J connectivity index is 2.01. The minimum Gasteiger partial charge on any atom is -0.480 e. The van der Waals surface area contributed by atoms with Gasteiger partial charge in [0.15, 0.2) is 0 Å². The second-order valence-electron chi connectivity index (χ2n) is 4.21. The standard InChI is InChI=1S/C11H14N4O4/c16-9(17)11(1-3-19-4-2-11)15-10(18)14-8-5-12-7-13-6-8/h5-7H,1-4H2,(H,16,17)(H2,14,15,18). The number of carboxylic acid groups (broad SMARTS) is 1. The Morgan fingerprint density at radius 1 is 1.26 bits per heavy atom. The number of carbonyl (C=O) groups excluding carboxylic acids is 1. The highest BCUT2D eigenvalue weighted by molar-refractivity contribution is 5.93. The van der Waals surface area contributed by atoms with E-state index in [1.807, 2.05) is 0 Å². The lowest BCUT2D eigenvalue weighted by molar-refractivity contribution is -0.148. The van der Waals surface area contributed by atoms with Gasteiger partial charge in [-0.05, 0) is 0 Å². The van der Waals surface area contributed by atoms with E-state index in [-0.39, 0.29) is 12.8 Å². The SMILES string of the molecule is O=C(Nc1cncnc1)NC1(C(=O)O)CCOCC1. The molecule has 102 valence electrons. The maximum atomic E-state index is 11.8. The van der Waals surface area contributed by atoms with Crippen molar-refractivity contribution in [2.24, 2.45) is 0 Å². The molecule has 0 atom stereocenters. The Morgan fingerprint density at radius 2 is 1.89 bits per heavy atom. The van der Waals surface area contributed by atoms with Crippen molar-refractivity contribution in [1.29, 1.82) is 0 Å². The van der Waals surface area contributed by atoms with E-state index in [2.05, 4.69) is 20.6 Å². The molecule has 0 aliphatic carbocycles. The van der Waals surface area contributed by atoms with Crippen molar-refractivity contribution in [1.82, 2.24) is 15.3 Å². The van der Waals surface area contributed by atoms with Crippen molar-refractivity contribution >= 4 is 17.7 Å². The number of rotatable bonds is 3. The fourth-order valence-electron chi connectivity index (χ4n) is 1.86. The topological polar surface area (TPSA) is 113 Å². The van der Waals surface area contributed by atoms with E-state index < -0.39 is 17.5 Å². The predicted molar refractivity (Wildman–Crippen MR) is 64.6 cm³/mol. The van der Waals surface area contributed by atoms with Crippen LogP contribution in [0.2, 0.25) is 0 Å². The molecule has 0 bridgehead atoms. The highest BCUT2D eigenvalue weighted by Gasteiger charge is 2.41. The molecule has 19 heavy (non-hydrogen) atoms. The van der Waals surface area contributed by atoms with Gasteiger partial charge in [0.25, 0.3) is 0 Å². The van der Waals surface area contributed by atoms with Crippen LogP contribution in [-0.4, -0.2) is 45.8 Å². The summed E-state index contributed by atoms with van der Waals surface area (Å²) in [4.78, 5) is 30.6. The first-order valence-electron chi connectivity index (χ1n) is 5.78. The van der Waals surface area contributed by atoms with Gasteiger partial charge in [-0.1, -0.05) is 0 Å². The lowest BCUT2D eigenvalue weighted by Crippen LogP contribution is -2.58. The number of urea groups is 1. The van der Waals surface area contributed by atoms with Crippen LogP contribution >= 0.6 is 0 Å². The molecule has 8 heteroatoms. The number of ether oxygens (including phenoxy) is 1. The number of aliphatic carboxylic acids is 1. The zero-order chi connectivity index (χ0) is 13.7. The molecule has 1 aliphatic rings. The molecule has 0 aromatic carbocycles. The van der Waals surface area contributed by atoms with Crippen LogP contribution < -0.4 is 10.6 Å². The molecule has 1 aromatic heterocycles. The fourth-order valence-corrected chi connectivity index (χ4v) is 1.86. The van der Waals surface area contributed by atoms with Gasteiger partial charge in [-0.25, -0.2) is 19.6 Å². The molecule has 2 rings (SSSR count). The van der Waals surface area contributed by atoms with E-state index in [0.717, 1.165) is 0 Å². The van der Waals surface area contributed by atoms with Crippen molar-refractivity contribution in [2.75, 3.05) is 18.5 Å². The summed E-state index contributed by atoms with van der Waals surface area (Å²) < 4.78 is 5.12. The number of anilines is 1. The van der Waals surface area contributed by atoms with Crippen LogP contribution in [0.3, 0.4) is 0 Å². The smallest absolute Gasteiger partial charge is 0.329 e. The van der Waals surface area contributed by atoms with Gasteiger partial charge < -0.3 is 20.5 Å². The molecular weight excluding hydrogens is 252 g/mol. The van der Waals surface area contributed by atoms with E-state index >= 15 is 0 Å². The van der Waals surface area contributed by atoms with Gasteiger partial charge in [0.05, 0.1) is 18.1 Å². The summed E-state index contributed by atoms with van der Waals surface area (Å²) in [5.74, 6) is -1.06. The van der Waals surface area contributed by atoms with Crippen molar-refractivity contribution < 1.29 is 19.4 Å². The van der Waals surface area contributed by atoms with Crippen LogP contribution in [0.15, 0.2) is 18.7 Å². The summed E-state index contributed by atoms with van der Waals surface area (Å²) >= 11 is 0. The third kappa shape index (κ3) is 3.16. The molecule has 1 aromatic rings. The van der Waals surface area contributed by atoms with E-state index in [1.165, 1.54) is 18.7 Å². The Hall–Kier alpha value is -2.22. The van der Waals surface area contributed by atoms with Crippen molar-refractivity contribution in [3.8, 4) is 0 Å². The van der Waals surface area contributed by atoms with Crippen LogP contribution in [0.4, 0.5) is 10.5 Å². The van der Waals surface area contributed by atoms with Gasteiger partial charge in [-0.3, -0.25) is 0 Å². The molecule has 3 N–H and O–H groups in total. The van der Waals surface area contributed by atoms with Crippen LogP contribution in [0.1, 0.15) is 12.8 Å². The lowest BCUT2D eigenvalue weighted by Gasteiger charge is -2.33. The summed E-state index contributed by atoms with van der Waals surface area (Å²) in [7, 11) is 0. The number of hydrogen-bond donors (Lipinski definition) is 3. The zero-order valence-electron chi connectivity index (χ0n) is 10.1. The van der Waals surface area contributed by atoms with E-state index in [9.17, 15) is 14.7 Å². The third-order valence-electron chi connectivity index (χ3n) is 2.93. The van der Waals surface area contributed by atoms with Gasteiger partial charge in [0.1, 0.15) is 11.9 Å². The normalized spacial score (nSPS) is 17.5. The summed E-state index contributed by atoms with van der Waals surface area (Å²) in [6.45, 7) is 0.613. The molecular formula is C11H14N4O4. The second kappa shape index (κ2) is 5.61. The van der Waals surface area contributed by atoms with Gasteiger partial charge in [-0.15, -0.1) is 0 Å². The van der Waals surface area contributed by atoms with Crippen LogP contribution in [0.5, 0.6) is 0 Å². The van der Waals surface area contributed by atoms with E-state index in [1.54, 1.807) is 0 Å². The molecule has 0 unspecified atom stereocenters. The summed E-state index contributed by atoms with van der Waals surface area (Å²) in [5, 5.41) is 14.3. The molecule has 0 radical (unpaired) electrons. The number of nitrogens with one attached hydrogen (secondary N) is 2. The Bertz CT molecular complexity index is 459. The maximum absolute atomic E-state index is 11.8. The minimum atomic E-state index is -1.28. The minimum absolute atomic E-state index is 0.237. The first-order chi connectivity index (χ1) is 9.12. The third-order valence-corrected chi connectivity index (χ3v) is 2.93. The molecule has 2 heterocycles. The molecule has 1 aliphatic heterocycles. The van der Waals surface area contributed by atoms with Gasteiger partial charge in [-0.2, -0.15) is 0 Å². The molecule has 0 spiro atoms. The second-order valence-corrected chi connectivity index (χ2v) is 4.21. The molecule has 8 nitrogen and oxygen atoms in total. The monoisotopic (exact) mass is 266 g/mol. The van der Waals surface area contributed by atoms with E-state index in [4.69, 9.17) is 4.74 Å². The van der Waals surface area contributed by atoms with Gasteiger partial charge >= 0.3 is 12.0 Å². The molecule has 1 fully saturated rings. The number of amides is 2. The highest BCUT2D eigenvalue weighted by Crippen LogP contribution is 2.21. The van der Waals surface area contributed by atoms with Gasteiger partial charge in [0.2, 0.25) is 0 Å². The molecule has 0 saturated carbocycles. The molecule has 2 amide bonds. The first-order valence-corrected chi connectivity index (χ1v) is 5.78. The first kappa shape index (κ1) is 13.2. The summed E-state index contributed by atoms with van der Waals surface area (Å²) in [6.07, 6.45) is 4.65. The van der Waals surface area contributed by atoms with Crippen molar-refractivity contribution in [2.45, 2.75) is 18.4 Å². The Morgan fingerprint density at radius 3 is 2.47 bits per heavy atom. The van der Waals surface area contributed by atoms with Crippen LogP contribution in [0, 0.1) is 0 Å². The summed E-state index contributed by atoms with van der Waals surface area (Å²) in [6, 6.07) is -0.598. The predicted octanol–water partition coefficient (Wildman–Crippen LogP) is 0.232. The van der Waals surface area contributed by atoms with Gasteiger partial charge in [0, 0.05) is 26.1 Å². The average Bonchev–Trinajstić information content (AvgIpc) is 2.40. The number of aromatic nitrogens is 2. The van der Waals surface area contributed by atoms with Crippen LogP contribution in [0.25, 0.3) is 0 Å². The lowest BCUT2D eigenvalue weighted by atomic mass is 9.90. The zero-order valence-corrected chi connectivity index (χ0v) is 10.1. The summed E-state index contributed by atoms with van der Waals surface area (Å²) in [5.41, 5.74) is -0.884. The van der Waals surface area contributed by atoms with Crippen molar-refractivity contribution in [3.05, 3.63) is 18.7 Å². The largest absolute Gasteiger partial charge is 0.480 e. The Kier molecular flexibility index (Phi) is 3.91. The van der Waals surface area contributed by atoms with Crippen LogP contribution in [-0.2, 0) is 9.53 Å². The number of carbonyl (C=O) groups is 2. The number of hydrogen-bond acceptors (Lipinski definition) is 5. The Labute approximate surface area is 109 Å². The fraction of sp³-hybridized carbons (Fsp3) is 0.455. The van der Waals surface area contributed by atoms with Crippen molar-refractivity contribution in [3.63, 3.8) is 0 Å².